The monoisotopic (exact) mass is 311 g/mol. The van der Waals surface area contributed by atoms with Crippen molar-refractivity contribution in [2.45, 2.75) is 25.2 Å². The molecule has 1 atom stereocenters. The van der Waals surface area contributed by atoms with Crippen molar-refractivity contribution >= 4 is 11.5 Å². The van der Waals surface area contributed by atoms with Crippen LogP contribution in [0.1, 0.15) is 30.7 Å². The highest BCUT2D eigenvalue weighted by Gasteiger charge is 2.40. The third-order valence-corrected chi connectivity index (χ3v) is 4.05. The van der Waals surface area contributed by atoms with Crippen LogP contribution in [-0.2, 0) is 9.53 Å². The van der Waals surface area contributed by atoms with Crippen LogP contribution in [-0.4, -0.2) is 10.7 Å². The molecular formula is C16H13N3O4. The van der Waals surface area contributed by atoms with Gasteiger partial charge in [-0.3, -0.25) is 14.9 Å². The largest absolute Gasteiger partial charge is 0.444 e. The molecule has 2 aliphatic rings. The minimum absolute atomic E-state index is 0.0355. The van der Waals surface area contributed by atoms with Gasteiger partial charge in [-0.15, -0.1) is 0 Å². The fraction of sp³-hybridized carbons (Fsp3) is 0.250. The van der Waals surface area contributed by atoms with E-state index in [0.717, 1.165) is 0 Å². The summed E-state index contributed by atoms with van der Waals surface area (Å²) in [6, 6.07) is 8.02. The van der Waals surface area contributed by atoms with Gasteiger partial charge in [-0.25, -0.2) is 0 Å². The molecule has 116 valence electrons. The van der Waals surface area contributed by atoms with Gasteiger partial charge in [-0.05, 0) is 6.42 Å². The summed E-state index contributed by atoms with van der Waals surface area (Å²) in [6.45, 7) is 0. The number of ether oxygens (including phenoxy) is 1. The summed E-state index contributed by atoms with van der Waals surface area (Å²) in [6.07, 6.45) is 1.49. The van der Waals surface area contributed by atoms with E-state index in [1.165, 1.54) is 12.1 Å². The molecule has 0 spiro atoms. The number of Topliss-reactive ketones (excluding diaryl/α,β-unsaturated/α-hetero) is 1. The minimum atomic E-state index is -0.849. The maximum atomic E-state index is 12.4. The molecule has 2 N–H and O–H groups in total. The molecule has 0 bridgehead atoms. The van der Waals surface area contributed by atoms with Crippen molar-refractivity contribution in [3.05, 3.63) is 62.7 Å². The van der Waals surface area contributed by atoms with E-state index in [1.807, 2.05) is 6.07 Å². The molecule has 0 amide bonds. The zero-order chi connectivity index (χ0) is 16.6. The van der Waals surface area contributed by atoms with Gasteiger partial charge in [0.25, 0.3) is 5.69 Å². The molecule has 0 aromatic heterocycles. The van der Waals surface area contributed by atoms with Crippen molar-refractivity contribution in [1.82, 2.24) is 0 Å². The van der Waals surface area contributed by atoms with Gasteiger partial charge in [0, 0.05) is 30.0 Å². The standard InChI is InChI=1S/C16H13N3O4/c17-8-10-14(9-4-1-2-5-11(9)19(21)22)15-12(20)6-3-7-13(15)23-16(10)18/h1-2,4-5,14H,3,6-7,18H2/t14-/m1/s1. The second-order valence-electron chi connectivity index (χ2n) is 5.35. The molecule has 23 heavy (non-hydrogen) atoms. The van der Waals surface area contributed by atoms with Crippen LogP contribution in [0.3, 0.4) is 0 Å². The van der Waals surface area contributed by atoms with Crippen LogP contribution in [0.25, 0.3) is 0 Å². The first-order valence-electron chi connectivity index (χ1n) is 7.11. The van der Waals surface area contributed by atoms with Crippen molar-refractivity contribution in [2.75, 3.05) is 0 Å². The average molecular weight is 311 g/mol. The number of carbonyl (C=O) groups is 1. The molecule has 7 nitrogen and oxygen atoms in total. The van der Waals surface area contributed by atoms with E-state index < -0.39 is 10.8 Å². The predicted octanol–water partition coefficient (Wildman–Crippen LogP) is 2.41. The van der Waals surface area contributed by atoms with E-state index in [-0.39, 0.29) is 28.5 Å². The summed E-state index contributed by atoms with van der Waals surface area (Å²) in [5, 5.41) is 20.8. The van der Waals surface area contributed by atoms with Crippen molar-refractivity contribution < 1.29 is 14.5 Å². The van der Waals surface area contributed by atoms with Crippen LogP contribution in [0.2, 0.25) is 0 Å². The van der Waals surface area contributed by atoms with Gasteiger partial charge in [0.15, 0.2) is 5.78 Å². The molecule has 0 radical (unpaired) electrons. The second kappa shape index (κ2) is 5.57. The van der Waals surface area contributed by atoms with E-state index in [2.05, 4.69) is 0 Å². The van der Waals surface area contributed by atoms with E-state index in [1.54, 1.807) is 12.1 Å². The third-order valence-electron chi connectivity index (χ3n) is 4.05. The Morgan fingerprint density at radius 1 is 1.35 bits per heavy atom. The minimum Gasteiger partial charge on any atom is -0.444 e. The summed E-state index contributed by atoms with van der Waals surface area (Å²) >= 11 is 0. The summed E-state index contributed by atoms with van der Waals surface area (Å²) in [7, 11) is 0. The van der Waals surface area contributed by atoms with Crippen LogP contribution in [0, 0.1) is 21.4 Å². The number of benzene rings is 1. The smallest absolute Gasteiger partial charge is 0.273 e. The number of nitro groups is 1. The number of ketones is 1. The van der Waals surface area contributed by atoms with Gasteiger partial charge in [0.1, 0.15) is 17.4 Å². The molecule has 1 aromatic rings. The lowest BCUT2D eigenvalue weighted by molar-refractivity contribution is -0.385. The van der Waals surface area contributed by atoms with Crippen molar-refractivity contribution in [3.8, 4) is 6.07 Å². The Morgan fingerprint density at radius 2 is 2.09 bits per heavy atom. The maximum absolute atomic E-state index is 12.4. The fourth-order valence-electron chi connectivity index (χ4n) is 3.07. The number of allylic oxidation sites excluding steroid dienone is 3. The molecule has 7 heteroatoms. The first-order valence-corrected chi connectivity index (χ1v) is 7.11. The zero-order valence-electron chi connectivity index (χ0n) is 12.1. The van der Waals surface area contributed by atoms with Crippen LogP contribution in [0.5, 0.6) is 0 Å². The molecule has 1 aliphatic heterocycles. The highest BCUT2D eigenvalue weighted by atomic mass is 16.6. The Bertz CT molecular complexity index is 817. The fourth-order valence-corrected chi connectivity index (χ4v) is 3.07. The SMILES string of the molecule is N#CC1=C(N)OC2=C(C(=O)CCC2)[C@@H]1c1ccccc1[N+](=O)[O-]. The van der Waals surface area contributed by atoms with Crippen molar-refractivity contribution in [1.29, 1.82) is 5.26 Å². The van der Waals surface area contributed by atoms with Crippen LogP contribution in [0.4, 0.5) is 5.69 Å². The first-order chi connectivity index (χ1) is 11.0. The highest BCUT2D eigenvalue weighted by molar-refractivity contribution is 5.99. The van der Waals surface area contributed by atoms with E-state index in [4.69, 9.17) is 10.5 Å². The number of hydrogen-bond acceptors (Lipinski definition) is 6. The van der Waals surface area contributed by atoms with Gasteiger partial charge in [0.05, 0.1) is 10.8 Å². The topological polar surface area (TPSA) is 119 Å². The quantitative estimate of drug-likeness (QED) is 0.661. The van der Waals surface area contributed by atoms with Crippen LogP contribution in [0.15, 0.2) is 47.1 Å². The lowest BCUT2D eigenvalue weighted by Gasteiger charge is -2.30. The lowest BCUT2D eigenvalue weighted by atomic mass is 9.77. The summed E-state index contributed by atoms with van der Waals surface area (Å²) in [5.74, 6) is -0.683. The molecular weight excluding hydrogens is 298 g/mol. The van der Waals surface area contributed by atoms with Gasteiger partial charge in [-0.1, -0.05) is 18.2 Å². The normalized spacial score (nSPS) is 20.7. The zero-order valence-corrected chi connectivity index (χ0v) is 12.1. The molecule has 0 saturated heterocycles. The van der Waals surface area contributed by atoms with E-state index in [0.29, 0.717) is 30.6 Å². The number of carbonyl (C=O) groups excluding carboxylic acids is 1. The number of para-hydroxylation sites is 1. The first kappa shape index (κ1) is 14.8. The number of nitriles is 1. The summed E-state index contributed by atoms with van der Waals surface area (Å²) in [4.78, 5) is 23.2. The Balaban J connectivity index is 2.26. The molecule has 0 fully saturated rings. The van der Waals surface area contributed by atoms with E-state index >= 15 is 0 Å². The number of rotatable bonds is 2. The molecule has 3 rings (SSSR count). The lowest BCUT2D eigenvalue weighted by Crippen LogP contribution is -2.27. The number of nitrogens with two attached hydrogens (primary N) is 1. The molecule has 1 aromatic carbocycles. The van der Waals surface area contributed by atoms with Gasteiger partial charge in [-0.2, -0.15) is 5.26 Å². The molecule has 0 unspecified atom stereocenters. The van der Waals surface area contributed by atoms with Gasteiger partial charge < -0.3 is 10.5 Å². The molecule has 1 aliphatic carbocycles. The van der Waals surface area contributed by atoms with E-state index in [9.17, 15) is 20.2 Å². The van der Waals surface area contributed by atoms with Crippen LogP contribution >= 0.6 is 0 Å². The Labute approximate surface area is 131 Å². The van der Waals surface area contributed by atoms with Crippen LogP contribution < -0.4 is 5.73 Å². The van der Waals surface area contributed by atoms with Gasteiger partial charge in [0.2, 0.25) is 5.88 Å². The predicted molar refractivity (Wildman–Crippen MR) is 79.6 cm³/mol. The molecule has 1 heterocycles. The Hall–Kier alpha value is -3.14. The Kier molecular flexibility index (Phi) is 3.58. The average Bonchev–Trinajstić information content (AvgIpc) is 2.53. The maximum Gasteiger partial charge on any atom is 0.273 e. The number of nitro benzene ring substituents is 1. The summed E-state index contributed by atoms with van der Waals surface area (Å²) < 4.78 is 5.44. The van der Waals surface area contributed by atoms with Crippen molar-refractivity contribution in [3.63, 3.8) is 0 Å². The number of hydrogen-bond donors (Lipinski definition) is 1. The van der Waals surface area contributed by atoms with Gasteiger partial charge >= 0.3 is 0 Å². The summed E-state index contributed by atoms with van der Waals surface area (Å²) in [5.41, 5.74) is 6.30. The second-order valence-corrected chi connectivity index (χ2v) is 5.35. The Morgan fingerprint density at radius 3 is 2.78 bits per heavy atom. The van der Waals surface area contributed by atoms with Crippen molar-refractivity contribution in [2.24, 2.45) is 5.73 Å². The highest BCUT2D eigenvalue weighted by Crippen LogP contribution is 2.45. The third kappa shape index (κ3) is 2.34. The molecule has 0 saturated carbocycles. The number of nitrogens with zero attached hydrogens (tertiary/aromatic N) is 2.